The maximum Gasteiger partial charge on any atom is 0.311 e. The second kappa shape index (κ2) is 17.7. The van der Waals surface area contributed by atoms with Crippen LogP contribution in [-0.4, -0.2) is 23.5 Å². The van der Waals surface area contributed by atoms with Crippen LogP contribution in [0.1, 0.15) is 87.2 Å². The predicted molar refractivity (Wildman–Crippen MR) is 126 cm³/mol. The summed E-state index contributed by atoms with van der Waals surface area (Å²) in [7, 11) is 0. The molecule has 1 aromatic rings. The Bertz CT molecular complexity index is 685. The summed E-state index contributed by atoms with van der Waals surface area (Å²) < 4.78 is 5.66. The molecule has 1 rings (SSSR count). The molecular formula is C25H36O4S. The van der Waals surface area contributed by atoms with Gasteiger partial charge in [0.2, 0.25) is 0 Å². The Kier molecular flexibility index (Phi) is 15.3. The first-order valence-electron chi connectivity index (χ1n) is 11.1. The highest BCUT2D eigenvalue weighted by molar-refractivity contribution is 7.15. The lowest BCUT2D eigenvalue weighted by Crippen LogP contribution is -2.04. The van der Waals surface area contributed by atoms with Crippen LogP contribution in [0.15, 0.2) is 48.6 Å². The van der Waals surface area contributed by atoms with Gasteiger partial charge in [-0.25, -0.2) is 0 Å². The van der Waals surface area contributed by atoms with E-state index in [-0.39, 0.29) is 5.78 Å². The van der Waals surface area contributed by atoms with E-state index in [2.05, 4.69) is 43.4 Å². The van der Waals surface area contributed by atoms with E-state index in [1.54, 1.807) is 12.1 Å². The number of carboxylic acid groups (broad SMARTS) is 1. The molecule has 0 saturated heterocycles. The van der Waals surface area contributed by atoms with Gasteiger partial charge in [0.25, 0.3) is 0 Å². The average molecular weight is 433 g/mol. The molecule has 4 nitrogen and oxygen atoms in total. The number of carbonyl (C=O) groups is 2. The molecule has 0 saturated carbocycles. The van der Waals surface area contributed by atoms with E-state index in [1.165, 1.54) is 37.0 Å². The maximum atomic E-state index is 11.7. The highest BCUT2D eigenvalue weighted by Gasteiger charge is 2.13. The zero-order chi connectivity index (χ0) is 21.9. The van der Waals surface area contributed by atoms with Gasteiger partial charge in [0, 0.05) is 0 Å². The number of carboxylic acids is 1. The number of ether oxygens (including phenoxy) is 1. The average Bonchev–Trinajstić information content (AvgIpc) is 3.19. The van der Waals surface area contributed by atoms with Crippen LogP contribution in [0.3, 0.4) is 0 Å². The molecule has 0 aliphatic rings. The number of Topliss-reactive ketones (excluding diaryl/α,β-unsaturated/α-hetero) is 1. The second-order valence-corrected chi connectivity index (χ2v) is 8.21. The summed E-state index contributed by atoms with van der Waals surface area (Å²) in [5.74, 6) is -1.47. The number of allylic oxidation sites excluding steroid dienone is 6. The van der Waals surface area contributed by atoms with Gasteiger partial charge >= 0.3 is 5.97 Å². The van der Waals surface area contributed by atoms with Crippen molar-refractivity contribution >= 4 is 23.1 Å². The molecule has 0 bridgehead atoms. The maximum absolute atomic E-state index is 11.7. The van der Waals surface area contributed by atoms with Crippen LogP contribution in [0.5, 0.6) is 5.06 Å². The van der Waals surface area contributed by atoms with Crippen LogP contribution in [0.4, 0.5) is 0 Å². The van der Waals surface area contributed by atoms with Crippen molar-refractivity contribution in [1.29, 1.82) is 0 Å². The first-order valence-corrected chi connectivity index (χ1v) is 11.9. The molecule has 1 N–H and O–H groups in total. The molecule has 30 heavy (non-hydrogen) atoms. The summed E-state index contributed by atoms with van der Waals surface area (Å²) in [6.45, 7) is 2.79. The zero-order valence-corrected chi connectivity index (χ0v) is 19.0. The molecule has 0 atom stereocenters. The van der Waals surface area contributed by atoms with E-state index in [4.69, 9.17) is 9.84 Å². The Morgan fingerprint density at radius 3 is 2.23 bits per heavy atom. The van der Waals surface area contributed by atoms with Crippen LogP contribution in [0, 0.1) is 0 Å². The smallest absolute Gasteiger partial charge is 0.311 e. The van der Waals surface area contributed by atoms with Crippen LogP contribution < -0.4 is 4.74 Å². The van der Waals surface area contributed by atoms with Gasteiger partial charge < -0.3 is 9.84 Å². The van der Waals surface area contributed by atoms with E-state index < -0.39 is 12.4 Å². The Balaban J connectivity index is 1.94. The lowest BCUT2D eigenvalue weighted by Gasteiger charge is -2.03. The van der Waals surface area contributed by atoms with Crippen molar-refractivity contribution in [2.75, 3.05) is 6.61 Å². The molecule has 0 amide bonds. The molecule has 0 aromatic carbocycles. The summed E-state index contributed by atoms with van der Waals surface area (Å²) in [6, 6.07) is 3.38. The molecule has 0 radical (unpaired) electrons. The number of hydrogen-bond acceptors (Lipinski definition) is 4. The largest absolute Gasteiger partial charge is 0.484 e. The standard InChI is InChI=1S/C25H36O4S/c1-2-3-4-5-6-7-8-9-10-11-12-13-14-15-16-17-20-29-25-19-18-23(30-25)22(26)21-24(27)28/h3-4,6-7,9-10,18-19H,2,5,8,11-17,20-21H2,1H3,(H,27,28). The molecule has 1 heterocycles. The first kappa shape index (κ1) is 25.9. The van der Waals surface area contributed by atoms with Gasteiger partial charge in [-0.2, -0.15) is 0 Å². The number of unbranched alkanes of at least 4 members (excludes halogenated alkanes) is 6. The van der Waals surface area contributed by atoms with Gasteiger partial charge in [-0.15, -0.1) is 0 Å². The number of thiophene rings is 1. The zero-order valence-electron chi connectivity index (χ0n) is 18.2. The fourth-order valence-electron chi connectivity index (χ4n) is 2.84. The van der Waals surface area contributed by atoms with Crippen LogP contribution in [-0.2, 0) is 4.79 Å². The molecule has 0 spiro atoms. The quantitative estimate of drug-likeness (QED) is 0.114. The van der Waals surface area contributed by atoms with Crippen molar-refractivity contribution in [2.24, 2.45) is 0 Å². The van der Waals surface area contributed by atoms with Gasteiger partial charge in [0.1, 0.15) is 6.42 Å². The monoisotopic (exact) mass is 432 g/mol. The van der Waals surface area contributed by atoms with Crippen molar-refractivity contribution in [2.45, 2.75) is 77.6 Å². The Morgan fingerprint density at radius 1 is 0.900 bits per heavy atom. The minimum Gasteiger partial charge on any atom is -0.484 e. The molecule has 166 valence electrons. The van der Waals surface area contributed by atoms with Crippen molar-refractivity contribution < 1.29 is 19.4 Å². The van der Waals surface area contributed by atoms with Gasteiger partial charge in [0.15, 0.2) is 10.8 Å². The first-order chi connectivity index (χ1) is 14.6. The lowest BCUT2D eigenvalue weighted by atomic mass is 10.1. The Hall–Kier alpha value is -2.14. The van der Waals surface area contributed by atoms with Crippen molar-refractivity contribution in [3.05, 3.63) is 53.5 Å². The summed E-state index contributed by atoms with van der Waals surface area (Å²) in [5, 5.41) is 9.35. The minimum absolute atomic E-state index is 0.367. The number of hydrogen-bond donors (Lipinski definition) is 1. The fraction of sp³-hybridized carbons (Fsp3) is 0.520. The molecular weight excluding hydrogens is 396 g/mol. The van der Waals surface area contributed by atoms with Crippen molar-refractivity contribution in [1.82, 2.24) is 0 Å². The predicted octanol–water partition coefficient (Wildman–Crippen LogP) is 7.37. The molecule has 0 unspecified atom stereocenters. The van der Waals surface area contributed by atoms with Gasteiger partial charge in [-0.1, -0.05) is 80.4 Å². The fourth-order valence-corrected chi connectivity index (χ4v) is 3.66. The molecule has 0 aliphatic heterocycles. The van der Waals surface area contributed by atoms with E-state index in [0.717, 1.165) is 38.5 Å². The van der Waals surface area contributed by atoms with E-state index in [1.807, 2.05) is 0 Å². The summed E-state index contributed by atoms with van der Waals surface area (Å²) in [6.07, 6.45) is 24.4. The highest BCUT2D eigenvalue weighted by atomic mass is 32.1. The normalized spacial score (nSPS) is 11.8. The minimum atomic E-state index is -1.10. The SMILES string of the molecule is CCC=CCC=CCC=CCCCCCCCCOc1ccc(C(=O)CC(=O)O)s1. The summed E-state index contributed by atoms with van der Waals surface area (Å²) >= 11 is 1.22. The van der Waals surface area contributed by atoms with E-state index in [9.17, 15) is 9.59 Å². The third-order valence-corrected chi connectivity index (χ3v) is 5.50. The summed E-state index contributed by atoms with van der Waals surface area (Å²) in [5.41, 5.74) is 0. The van der Waals surface area contributed by atoms with E-state index in [0.29, 0.717) is 16.5 Å². The van der Waals surface area contributed by atoms with Gasteiger partial charge in [-0.05, 0) is 50.7 Å². The molecule has 5 heteroatoms. The molecule has 0 aliphatic carbocycles. The van der Waals surface area contributed by atoms with Gasteiger partial charge in [-0.3, -0.25) is 9.59 Å². The third kappa shape index (κ3) is 13.9. The van der Waals surface area contributed by atoms with Crippen LogP contribution in [0.25, 0.3) is 0 Å². The third-order valence-electron chi connectivity index (χ3n) is 4.46. The molecule has 1 aromatic heterocycles. The van der Waals surface area contributed by atoms with Crippen LogP contribution in [0.2, 0.25) is 0 Å². The molecule has 0 fully saturated rings. The van der Waals surface area contributed by atoms with Crippen molar-refractivity contribution in [3.8, 4) is 5.06 Å². The number of rotatable bonds is 18. The summed E-state index contributed by atoms with van der Waals surface area (Å²) in [4.78, 5) is 22.7. The topological polar surface area (TPSA) is 63.6 Å². The van der Waals surface area contributed by atoms with Crippen molar-refractivity contribution in [3.63, 3.8) is 0 Å². The van der Waals surface area contributed by atoms with Crippen LogP contribution >= 0.6 is 11.3 Å². The van der Waals surface area contributed by atoms with E-state index >= 15 is 0 Å². The Morgan fingerprint density at radius 2 is 1.53 bits per heavy atom. The lowest BCUT2D eigenvalue weighted by molar-refractivity contribution is -0.135. The Labute approximate surface area is 185 Å². The number of carbonyl (C=O) groups excluding carboxylic acids is 1. The number of aliphatic carboxylic acids is 1. The van der Waals surface area contributed by atoms with Gasteiger partial charge in [0.05, 0.1) is 11.5 Å². The second-order valence-electron chi connectivity index (χ2n) is 7.16. The highest BCUT2D eigenvalue weighted by Crippen LogP contribution is 2.25. The number of ketones is 1.